The zero-order valence-electron chi connectivity index (χ0n) is 16.0. The Hall–Kier alpha value is -1.75. The van der Waals surface area contributed by atoms with E-state index in [-0.39, 0.29) is 24.5 Å². The highest BCUT2D eigenvalue weighted by Crippen LogP contribution is 2.37. The van der Waals surface area contributed by atoms with Crippen LogP contribution < -0.4 is 5.32 Å². The summed E-state index contributed by atoms with van der Waals surface area (Å²) in [4.78, 5) is 27.2. The number of urea groups is 1. The Bertz CT molecular complexity index is 673. The Balaban J connectivity index is 1.74. The number of benzene rings is 1. The highest BCUT2D eigenvalue weighted by atomic mass is 35.5. The van der Waals surface area contributed by atoms with Gasteiger partial charge in [-0.25, -0.2) is 4.79 Å². The van der Waals surface area contributed by atoms with Crippen molar-refractivity contribution in [2.24, 2.45) is 0 Å². The first-order valence-corrected chi connectivity index (χ1v) is 10.4. The molecule has 3 rings (SSSR count). The maximum Gasteiger partial charge on any atom is 0.318 e. The number of nitrogens with one attached hydrogen (secondary N) is 1. The van der Waals surface area contributed by atoms with Crippen LogP contribution in [0.1, 0.15) is 69.9 Å². The molecule has 0 spiro atoms. The predicted octanol–water partition coefficient (Wildman–Crippen LogP) is 4.84. The molecular formula is C21H29ClN2O3. The zero-order valence-corrected chi connectivity index (χ0v) is 16.8. The van der Waals surface area contributed by atoms with Gasteiger partial charge in [0.25, 0.3) is 0 Å². The second kappa shape index (κ2) is 8.96. The molecule has 1 aromatic carbocycles. The first kappa shape index (κ1) is 20.0. The van der Waals surface area contributed by atoms with Crippen LogP contribution in [0.3, 0.4) is 0 Å². The molecule has 1 aliphatic carbocycles. The van der Waals surface area contributed by atoms with E-state index in [0.29, 0.717) is 18.2 Å². The zero-order chi connectivity index (χ0) is 19.3. The van der Waals surface area contributed by atoms with Crippen molar-refractivity contribution < 1.29 is 14.3 Å². The molecule has 1 aliphatic heterocycles. The van der Waals surface area contributed by atoms with Gasteiger partial charge in [-0.05, 0) is 44.2 Å². The Morgan fingerprint density at radius 3 is 2.67 bits per heavy atom. The molecule has 1 heterocycles. The second-order valence-electron chi connectivity index (χ2n) is 7.63. The van der Waals surface area contributed by atoms with E-state index in [9.17, 15) is 9.59 Å². The van der Waals surface area contributed by atoms with Crippen LogP contribution >= 0.6 is 11.6 Å². The Labute approximate surface area is 166 Å². The fourth-order valence-corrected chi connectivity index (χ4v) is 4.70. The van der Waals surface area contributed by atoms with E-state index >= 15 is 0 Å². The van der Waals surface area contributed by atoms with Gasteiger partial charge in [-0.3, -0.25) is 4.79 Å². The minimum absolute atomic E-state index is 0.0121. The summed E-state index contributed by atoms with van der Waals surface area (Å²) < 4.78 is 5.16. The van der Waals surface area contributed by atoms with Crippen LogP contribution in [0.25, 0.3) is 0 Å². The molecule has 1 N–H and O–H groups in total. The van der Waals surface area contributed by atoms with E-state index in [1.54, 1.807) is 0 Å². The number of likely N-dealkylation sites (tertiary alicyclic amines) is 1. The highest BCUT2D eigenvalue weighted by molar-refractivity contribution is 6.31. The summed E-state index contributed by atoms with van der Waals surface area (Å²) in [5.74, 6) is -0.233. The van der Waals surface area contributed by atoms with E-state index in [1.807, 2.05) is 36.1 Å². The second-order valence-corrected chi connectivity index (χ2v) is 8.03. The third kappa shape index (κ3) is 4.75. The number of amides is 2. The van der Waals surface area contributed by atoms with Crippen molar-refractivity contribution in [3.8, 4) is 0 Å². The van der Waals surface area contributed by atoms with Gasteiger partial charge in [0.1, 0.15) is 0 Å². The lowest BCUT2D eigenvalue weighted by Gasteiger charge is -2.39. The number of esters is 1. The van der Waals surface area contributed by atoms with Gasteiger partial charge in [-0.15, -0.1) is 0 Å². The molecule has 0 bridgehead atoms. The maximum absolute atomic E-state index is 13.2. The predicted molar refractivity (Wildman–Crippen MR) is 106 cm³/mol. The first-order chi connectivity index (χ1) is 13.0. The van der Waals surface area contributed by atoms with Gasteiger partial charge in [-0.1, -0.05) is 49.1 Å². The minimum atomic E-state index is -0.491. The van der Waals surface area contributed by atoms with Crippen molar-refractivity contribution in [3.63, 3.8) is 0 Å². The lowest BCUT2D eigenvalue weighted by Crippen LogP contribution is -2.55. The van der Waals surface area contributed by atoms with E-state index in [4.69, 9.17) is 16.3 Å². The molecule has 0 aromatic heterocycles. The Morgan fingerprint density at radius 1 is 1.22 bits per heavy atom. The van der Waals surface area contributed by atoms with Crippen LogP contribution in [0.5, 0.6) is 0 Å². The molecule has 2 amide bonds. The average Bonchev–Trinajstić information content (AvgIpc) is 3.12. The van der Waals surface area contributed by atoms with Crippen molar-refractivity contribution in [3.05, 3.63) is 34.9 Å². The van der Waals surface area contributed by atoms with Crippen LogP contribution in [-0.2, 0) is 9.53 Å². The molecule has 1 saturated heterocycles. The summed E-state index contributed by atoms with van der Waals surface area (Å²) in [6, 6.07) is 7.62. The number of halogens is 1. The van der Waals surface area contributed by atoms with E-state index in [2.05, 4.69) is 5.32 Å². The van der Waals surface area contributed by atoms with E-state index in [1.165, 1.54) is 0 Å². The first-order valence-electron chi connectivity index (χ1n) is 10.0. The van der Waals surface area contributed by atoms with Crippen molar-refractivity contribution in [1.82, 2.24) is 10.2 Å². The van der Waals surface area contributed by atoms with Crippen LogP contribution in [0.15, 0.2) is 24.3 Å². The molecule has 2 fully saturated rings. The van der Waals surface area contributed by atoms with Gasteiger partial charge in [0.05, 0.1) is 24.6 Å². The maximum atomic E-state index is 13.2. The number of carbonyl (C=O) groups excluding carboxylic acids is 2. The van der Waals surface area contributed by atoms with Gasteiger partial charge in [-0.2, -0.15) is 0 Å². The largest absolute Gasteiger partial charge is 0.466 e. The Kier molecular flexibility index (Phi) is 6.64. The van der Waals surface area contributed by atoms with Crippen LogP contribution in [-0.4, -0.2) is 35.6 Å². The number of ether oxygens (including phenoxy) is 1. The highest BCUT2D eigenvalue weighted by Gasteiger charge is 2.39. The smallest absolute Gasteiger partial charge is 0.318 e. The van der Waals surface area contributed by atoms with Crippen LogP contribution in [0, 0.1) is 0 Å². The number of rotatable bonds is 5. The molecule has 2 aliphatic rings. The third-order valence-electron chi connectivity index (χ3n) is 5.75. The third-order valence-corrected chi connectivity index (χ3v) is 6.09. The summed E-state index contributed by atoms with van der Waals surface area (Å²) in [5.41, 5.74) is 0.504. The molecule has 1 aromatic rings. The van der Waals surface area contributed by atoms with Crippen molar-refractivity contribution >= 4 is 23.6 Å². The van der Waals surface area contributed by atoms with Crippen molar-refractivity contribution in [1.29, 1.82) is 0 Å². The molecular weight excluding hydrogens is 364 g/mol. The molecule has 0 unspecified atom stereocenters. The number of hydrogen-bond donors (Lipinski definition) is 1. The summed E-state index contributed by atoms with van der Waals surface area (Å²) in [7, 11) is 0. The van der Waals surface area contributed by atoms with Crippen LogP contribution in [0.4, 0.5) is 4.79 Å². The van der Waals surface area contributed by atoms with Gasteiger partial charge in [0, 0.05) is 11.6 Å². The van der Waals surface area contributed by atoms with E-state index < -0.39 is 5.54 Å². The fraction of sp³-hybridized carbons (Fsp3) is 0.619. The van der Waals surface area contributed by atoms with Gasteiger partial charge in [0.2, 0.25) is 0 Å². The number of hydrogen-bond acceptors (Lipinski definition) is 3. The summed E-state index contributed by atoms with van der Waals surface area (Å²) in [6.07, 6.45) is 6.94. The quantitative estimate of drug-likeness (QED) is 0.729. The van der Waals surface area contributed by atoms with Crippen LogP contribution in [0.2, 0.25) is 5.02 Å². The summed E-state index contributed by atoms with van der Waals surface area (Å²) in [5, 5.41) is 3.92. The lowest BCUT2D eigenvalue weighted by atomic mass is 9.79. The minimum Gasteiger partial charge on any atom is -0.466 e. The van der Waals surface area contributed by atoms with E-state index in [0.717, 1.165) is 50.5 Å². The van der Waals surface area contributed by atoms with Gasteiger partial charge < -0.3 is 15.0 Å². The molecule has 27 heavy (non-hydrogen) atoms. The number of carbonyl (C=O) groups is 2. The average molecular weight is 393 g/mol. The van der Waals surface area contributed by atoms with Crippen molar-refractivity contribution in [2.45, 2.75) is 69.9 Å². The molecule has 5 nitrogen and oxygen atoms in total. The monoisotopic (exact) mass is 392 g/mol. The molecule has 6 heteroatoms. The fourth-order valence-electron chi connectivity index (χ4n) is 4.44. The summed E-state index contributed by atoms with van der Waals surface area (Å²) >= 11 is 6.38. The molecule has 0 radical (unpaired) electrons. The van der Waals surface area contributed by atoms with Crippen molar-refractivity contribution in [2.75, 3.05) is 13.2 Å². The standard InChI is InChI=1S/C21H29ClN2O3/c1-2-27-19(25)15-21(12-6-3-7-13-21)23-20(26)24-14-8-11-18(24)16-9-4-5-10-17(16)22/h4-5,9-10,18H,2-3,6-8,11-15H2,1H3,(H,23,26)/t18-/m1/s1. The lowest BCUT2D eigenvalue weighted by molar-refractivity contribution is -0.145. The van der Waals surface area contributed by atoms with Gasteiger partial charge >= 0.3 is 12.0 Å². The molecule has 1 atom stereocenters. The summed E-state index contributed by atoms with van der Waals surface area (Å²) in [6.45, 7) is 2.88. The molecule has 1 saturated carbocycles. The molecule has 148 valence electrons. The SMILES string of the molecule is CCOC(=O)CC1(NC(=O)N2CCC[C@@H]2c2ccccc2Cl)CCCCC1. The topological polar surface area (TPSA) is 58.6 Å². The van der Waals surface area contributed by atoms with Gasteiger partial charge in [0.15, 0.2) is 0 Å². The normalized spacial score (nSPS) is 21.7. The number of nitrogens with zero attached hydrogens (tertiary/aromatic N) is 1. The Morgan fingerprint density at radius 2 is 1.96 bits per heavy atom.